The molecule has 4 nitrogen and oxygen atoms in total. The first-order valence-corrected chi connectivity index (χ1v) is 8.32. The van der Waals surface area contributed by atoms with Crippen LogP contribution in [0.15, 0.2) is 42.0 Å². The minimum absolute atomic E-state index is 0.0703. The third-order valence-corrected chi connectivity index (χ3v) is 4.27. The number of carbonyl (C=O) groups is 2. The van der Waals surface area contributed by atoms with E-state index in [1.165, 1.54) is 5.56 Å². The number of rotatable bonds is 4. The van der Waals surface area contributed by atoms with E-state index in [0.717, 1.165) is 37.9 Å². The van der Waals surface area contributed by atoms with E-state index in [-0.39, 0.29) is 11.8 Å². The number of amides is 2. The van der Waals surface area contributed by atoms with E-state index in [2.05, 4.69) is 12.1 Å². The molecule has 0 saturated carbocycles. The summed E-state index contributed by atoms with van der Waals surface area (Å²) in [5, 5.41) is 0. The van der Waals surface area contributed by atoms with Gasteiger partial charge in [0.2, 0.25) is 11.8 Å². The Morgan fingerprint density at radius 3 is 2.35 bits per heavy atom. The van der Waals surface area contributed by atoms with Gasteiger partial charge in [-0.2, -0.15) is 0 Å². The molecule has 0 aliphatic carbocycles. The topological polar surface area (TPSA) is 40.6 Å². The molecular formula is C19H26N2O2. The quantitative estimate of drug-likeness (QED) is 0.802. The van der Waals surface area contributed by atoms with E-state index >= 15 is 0 Å². The van der Waals surface area contributed by atoms with Crippen molar-refractivity contribution in [2.45, 2.75) is 33.1 Å². The van der Waals surface area contributed by atoms with Crippen molar-refractivity contribution in [1.29, 1.82) is 0 Å². The van der Waals surface area contributed by atoms with Crippen LogP contribution in [0.5, 0.6) is 0 Å². The third-order valence-electron chi connectivity index (χ3n) is 4.27. The van der Waals surface area contributed by atoms with E-state index in [9.17, 15) is 9.59 Å². The lowest BCUT2D eigenvalue weighted by Crippen LogP contribution is -2.35. The molecule has 23 heavy (non-hydrogen) atoms. The van der Waals surface area contributed by atoms with Gasteiger partial charge in [-0.25, -0.2) is 0 Å². The van der Waals surface area contributed by atoms with Gasteiger partial charge in [0.15, 0.2) is 0 Å². The Balaban J connectivity index is 1.85. The monoisotopic (exact) mass is 314 g/mol. The largest absolute Gasteiger partial charge is 0.341 e. The molecule has 1 aliphatic rings. The highest BCUT2D eigenvalue weighted by Crippen LogP contribution is 2.10. The lowest BCUT2D eigenvalue weighted by atomic mass is 10.1. The summed E-state index contributed by atoms with van der Waals surface area (Å²) in [5.74, 6) is 0.162. The maximum Gasteiger partial charge on any atom is 0.246 e. The van der Waals surface area contributed by atoms with Gasteiger partial charge in [-0.05, 0) is 31.7 Å². The molecule has 1 saturated heterocycles. The van der Waals surface area contributed by atoms with Crippen LogP contribution in [0.1, 0.15) is 32.3 Å². The van der Waals surface area contributed by atoms with Crippen LogP contribution in [0, 0.1) is 0 Å². The van der Waals surface area contributed by atoms with E-state index < -0.39 is 0 Å². The molecule has 0 spiro atoms. The second kappa shape index (κ2) is 8.51. The van der Waals surface area contributed by atoms with Crippen LogP contribution in [-0.2, 0) is 16.0 Å². The Morgan fingerprint density at radius 1 is 1.00 bits per heavy atom. The van der Waals surface area contributed by atoms with Crippen molar-refractivity contribution in [3.05, 3.63) is 47.5 Å². The first kappa shape index (κ1) is 17.3. The summed E-state index contributed by atoms with van der Waals surface area (Å²) in [4.78, 5) is 27.5. The fourth-order valence-electron chi connectivity index (χ4n) is 2.81. The maximum atomic E-state index is 12.4. The minimum Gasteiger partial charge on any atom is -0.341 e. The van der Waals surface area contributed by atoms with Crippen molar-refractivity contribution in [1.82, 2.24) is 9.80 Å². The van der Waals surface area contributed by atoms with Crippen LogP contribution in [0.4, 0.5) is 0 Å². The van der Waals surface area contributed by atoms with Gasteiger partial charge in [0.25, 0.3) is 0 Å². The van der Waals surface area contributed by atoms with Crippen molar-refractivity contribution in [2.75, 3.05) is 26.2 Å². The number of hydrogen-bond donors (Lipinski definition) is 0. The van der Waals surface area contributed by atoms with Gasteiger partial charge in [-0.3, -0.25) is 9.59 Å². The van der Waals surface area contributed by atoms with Gasteiger partial charge in [-0.1, -0.05) is 35.9 Å². The number of aryl methyl sites for hydroxylation is 1. The van der Waals surface area contributed by atoms with Crippen LogP contribution >= 0.6 is 0 Å². The summed E-state index contributed by atoms with van der Waals surface area (Å²) >= 11 is 0. The van der Waals surface area contributed by atoms with Gasteiger partial charge in [0.1, 0.15) is 0 Å². The van der Waals surface area contributed by atoms with E-state index in [1.807, 2.05) is 34.9 Å². The van der Waals surface area contributed by atoms with Gasteiger partial charge in [0.05, 0.1) is 0 Å². The first-order valence-electron chi connectivity index (χ1n) is 8.32. The second-order valence-corrected chi connectivity index (χ2v) is 6.16. The third kappa shape index (κ3) is 5.55. The number of hydrogen-bond acceptors (Lipinski definition) is 2. The molecule has 0 radical (unpaired) electrons. The zero-order valence-corrected chi connectivity index (χ0v) is 14.1. The highest BCUT2D eigenvalue weighted by molar-refractivity contribution is 5.88. The fourth-order valence-corrected chi connectivity index (χ4v) is 2.81. The Hall–Kier alpha value is -2.10. The molecule has 1 heterocycles. The van der Waals surface area contributed by atoms with Crippen molar-refractivity contribution < 1.29 is 9.59 Å². The number of carbonyl (C=O) groups excluding carboxylic acids is 2. The first-order chi connectivity index (χ1) is 11.1. The molecule has 1 aromatic rings. The zero-order chi connectivity index (χ0) is 16.7. The number of nitrogens with zero attached hydrogens (tertiary/aromatic N) is 2. The van der Waals surface area contributed by atoms with Gasteiger partial charge < -0.3 is 9.80 Å². The van der Waals surface area contributed by atoms with Crippen LogP contribution in [0.3, 0.4) is 0 Å². The molecule has 0 aromatic heterocycles. The van der Waals surface area contributed by atoms with Crippen molar-refractivity contribution >= 4 is 11.8 Å². The summed E-state index contributed by atoms with van der Waals surface area (Å²) in [5.41, 5.74) is 2.39. The van der Waals surface area contributed by atoms with E-state index in [1.54, 1.807) is 13.0 Å². The standard InChI is InChI=1S/C19H26N2O2/c1-16(9-10-18-7-4-3-5-8-18)15-19(23)21-12-6-11-20(13-14-21)17(2)22/h3-5,7-8,15H,6,9-14H2,1-2H3/b16-15-. The van der Waals surface area contributed by atoms with Crippen molar-refractivity contribution in [3.8, 4) is 0 Å². The predicted molar refractivity (Wildman–Crippen MR) is 92.0 cm³/mol. The van der Waals surface area contributed by atoms with Gasteiger partial charge >= 0.3 is 0 Å². The zero-order valence-electron chi connectivity index (χ0n) is 14.1. The Labute approximate surface area is 138 Å². The Morgan fingerprint density at radius 2 is 1.65 bits per heavy atom. The highest BCUT2D eigenvalue weighted by atomic mass is 16.2. The summed E-state index contributed by atoms with van der Waals surface area (Å²) in [6.07, 6.45) is 4.45. The molecule has 1 aliphatic heterocycles. The molecule has 1 aromatic carbocycles. The minimum atomic E-state index is 0.0703. The molecule has 0 bridgehead atoms. The molecule has 0 N–H and O–H groups in total. The second-order valence-electron chi connectivity index (χ2n) is 6.16. The Kier molecular flexibility index (Phi) is 6.39. The lowest BCUT2D eigenvalue weighted by Gasteiger charge is -2.20. The molecule has 2 rings (SSSR count). The molecule has 0 atom stereocenters. The summed E-state index contributed by atoms with van der Waals surface area (Å²) in [6.45, 7) is 6.34. The SMILES string of the molecule is CC(=O)N1CCCN(C(=O)/C=C(/C)CCc2ccccc2)CC1. The van der Waals surface area contributed by atoms with Crippen LogP contribution in [-0.4, -0.2) is 47.8 Å². The molecule has 1 fully saturated rings. The highest BCUT2D eigenvalue weighted by Gasteiger charge is 2.19. The summed E-state index contributed by atoms with van der Waals surface area (Å²) in [6, 6.07) is 10.3. The smallest absolute Gasteiger partial charge is 0.246 e. The summed E-state index contributed by atoms with van der Waals surface area (Å²) < 4.78 is 0. The molecule has 124 valence electrons. The molecule has 0 unspecified atom stereocenters. The normalized spacial score (nSPS) is 16.2. The number of allylic oxidation sites excluding steroid dienone is 1. The van der Waals surface area contributed by atoms with E-state index in [0.29, 0.717) is 13.1 Å². The van der Waals surface area contributed by atoms with Crippen LogP contribution in [0.2, 0.25) is 0 Å². The number of benzene rings is 1. The average molecular weight is 314 g/mol. The predicted octanol–water partition coefficient (Wildman–Crippen LogP) is 2.65. The average Bonchev–Trinajstić information content (AvgIpc) is 2.80. The van der Waals surface area contributed by atoms with Gasteiger partial charge in [0, 0.05) is 39.2 Å². The van der Waals surface area contributed by atoms with Crippen LogP contribution in [0.25, 0.3) is 0 Å². The maximum absolute atomic E-state index is 12.4. The van der Waals surface area contributed by atoms with Crippen LogP contribution < -0.4 is 0 Å². The molecule has 4 heteroatoms. The van der Waals surface area contributed by atoms with E-state index in [4.69, 9.17) is 0 Å². The fraction of sp³-hybridized carbons (Fsp3) is 0.474. The van der Waals surface area contributed by atoms with Gasteiger partial charge in [-0.15, -0.1) is 0 Å². The molecule has 2 amide bonds. The summed E-state index contributed by atoms with van der Waals surface area (Å²) in [7, 11) is 0. The molecular weight excluding hydrogens is 288 g/mol. The lowest BCUT2D eigenvalue weighted by molar-refractivity contribution is -0.130. The van der Waals surface area contributed by atoms with Crippen molar-refractivity contribution in [3.63, 3.8) is 0 Å². The van der Waals surface area contributed by atoms with Crippen molar-refractivity contribution in [2.24, 2.45) is 0 Å². The Bertz CT molecular complexity index is 566.